The van der Waals surface area contributed by atoms with E-state index < -0.39 is 0 Å². The van der Waals surface area contributed by atoms with Gasteiger partial charge in [-0.15, -0.1) is 0 Å². The van der Waals surface area contributed by atoms with E-state index in [0.717, 1.165) is 11.3 Å². The normalized spacial score (nSPS) is 13.7. The van der Waals surface area contributed by atoms with Crippen LogP contribution in [0.15, 0.2) is 23.7 Å². The molecule has 72 valence electrons. The van der Waals surface area contributed by atoms with Crippen LogP contribution < -0.4 is 5.32 Å². The third kappa shape index (κ3) is 1.31. The molecule has 0 amide bonds. The molecule has 1 heterocycles. The SMILES string of the molecule is C=C1NC=Nc2cc(F)c(CC)cc21. The topological polar surface area (TPSA) is 24.4 Å². The molecule has 0 bridgehead atoms. The Morgan fingerprint density at radius 1 is 1.50 bits per heavy atom. The molecule has 2 nitrogen and oxygen atoms in total. The number of hydrogen-bond donors (Lipinski definition) is 1. The summed E-state index contributed by atoms with van der Waals surface area (Å²) in [4.78, 5) is 4.04. The summed E-state index contributed by atoms with van der Waals surface area (Å²) in [7, 11) is 0. The van der Waals surface area contributed by atoms with Crippen molar-refractivity contribution < 1.29 is 4.39 Å². The molecule has 0 aliphatic carbocycles. The van der Waals surface area contributed by atoms with Crippen LogP contribution in [0.2, 0.25) is 0 Å². The van der Waals surface area contributed by atoms with E-state index in [1.807, 2.05) is 6.92 Å². The molecule has 14 heavy (non-hydrogen) atoms. The van der Waals surface area contributed by atoms with Crippen molar-refractivity contribution in [1.82, 2.24) is 5.32 Å². The monoisotopic (exact) mass is 190 g/mol. The fourth-order valence-electron chi connectivity index (χ4n) is 1.48. The number of rotatable bonds is 1. The summed E-state index contributed by atoms with van der Waals surface area (Å²) in [6.45, 7) is 5.76. The number of nitrogens with zero attached hydrogens (tertiary/aromatic N) is 1. The standard InChI is InChI=1S/C11H11FN2/c1-3-8-4-9-7(2)13-6-14-11(9)5-10(8)12/h4-6H,2-3H2,1H3,(H,13,14). The summed E-state index contributed by atoms with van der Waals surface area (Å²) in [6, 6.07) is 3.26. The van der Waals surface area contributed by atoms with Gasteiger partial charge in [0.2, 0.25) is 0 Å². The molecule has 0 unspecified atom stereocenters. The average Bonchev–Trinajstić information content (AvgIpc) is 2.17. The Morgan fingerprint density at radius 2 is 2.29 bits per heavy atom. The summed E-state index contributed by atoms with van der Waals surface area (Å²) < 4.78 is 13.4. The van der Waals surface area contributed by atoms with Gasteiger partial charge in [-0.2, -0.15) is 0 Å². The van der Waals surface area contributed by atoms with Gasteiger partial charge in [-0.25, -0.2) is 9.38 Å². The van der Waals surface area contributed by atoms with Crippen molar-refractivity contribution in [2.24, 2.45) is 4.99 Å². The highest BCUT2D eigenvalue weighted by atomic mass is 19.1. The number of nitrogens with one attached hydrogen (secondary N) is 1. The Balaban J connectivity index is 2.61. The van der Waals surface area contributed by atoms with Crippen LogP contribution in [0.4, 0.5) is 10.1 Å². The molecule has 2 rings (SSSR count). The molecule has 0 aromatic heterocycles. The third-order valence-corrected chi connectivity index (χ3v) is 2.31. The maximum absolute atomic E-state index is 13.4. The molecule has 0 radical (unpaired) electrons. The first-order valence-corrected chi connectivity index (χ1v) is 4.53. The summed E-state index contributed by atoms with van der Waals surface area (Å²) in [6.07, 6.45) is 2.20. The van der Waals surface area contributed by atoms with Gasteiger partial charge in [0.15, 0.2) is 0 Å². The Kier molecular flexibility index (Phi) is 2.08. The Labute approximate surface area is 82.2 Å². The molecule has 0 spiro atoms. The zero-order chi connectivity index (χ0) is 10.1. The lowest BCUT2D eigenvalue weighted by atomic mass is 10.0. The van der Waals surface area contributed by atoms with Gasteiger partial charge in [0, 0.05) is 17.3 Å². The van der Waals surface area contributed by atoms with Crippen molar-refractivity contribution in [2.45, 2.75) is 13.3 Å². The minimum absolute atomic E-state index is 0.196. The first-order chi connectivity index (χ1) is 6.72. The second kappa shape index (κ2) is 3.25. The molecule has 0 saturated carbocycles. The van der Waals surface area contributed by atoms with Gasteiger partial charge in [-0.3, -0.25) is 0 Å². The highest BCUT2D eigenvalue weighted by Gasteiger charge is 2.12. The number of aliphatic imine (C=N–C) groups is 1. The number of halogens is 1. The van der Waals surface area contributed by atoms with Gasteiger partial charge in [-0.1, -0.05) is 13.5 Å². The Hall–Kier alpha value is -1.64. The summed E-state index contributed by atoms with van der Waals surface area (Å²) in [5, 5.41) is 2.90. The fourth-order valence-corrected chi connectivity index (χ4v) is 1.48. The average molecular weight is 190 g/mol. The third-order valence-electron chi connectivity index (χ3n) is 2.31. The second-order valence-electron chi connectivity index (χ2n) is 3.20. The van der Waals surface area contributed by atoms with Crippen LogP contribution in [0, 0.1) is 5.82 Å². The zero-order valence-electron chi connectivity index (χ0n) is 7.97. The van der Waals surface area contributed by atoms with Crippen molar-refractivity contribution in [2.75, 3.05) is 0 Å². The molecular weight excluding hydrogens is 179 g/mol. The molecule has 1 aromatic carbocycles. The first-order valence-electron chi connectivity index (χ1n) is 4.53. The van der Waals surface area contributed by atoms with Crippen molar-refractivity contribution in [3.05, 3.63) is 35.7 Å². The number of aryl methyl sites for hydroxylation is 1. The maximum Gasteiger partial charge on any atom is 0.128 e. The van der Waals surface area contributed by atoms with Crippen LogP contribution in [-0.4, -0.2) is 6.34 Å². The van der Waals surface area contributed by atoms with Crippen LogP contribution in [-0.2, 0) is 6.42 Å². The summed E-state index contributed by atoms with van der Waals surface area (Å²) >= 11 is 0. The number of benzene rings is 1. The molecule has 0 atom stereocenters. The molecule has 0 fully saturated rings. The predicted octanol–water partition coefficient (Wildman–Crippen LogP) is 2.62. The van der Waals surface area contributed by atoms with Gasteiger partial charge in [0.25, 0.3) is 0 Å². The van der Waals surface area contributed by atoms with Crippen molar-refractivity contribution in [1.29, 1.82) is 0 Å². The summed E-state index contributed by atoms with van der Waals surface area (Å²) in [5.74, 6) is -0.196. The van der Waals surface area contributed by atoms with Crippen molar-refractivity contribution >= 4 is 17.7 Å². The van der Waals surface area contributed by atoms with Gasteiger partial charge in [-0.05, 0) is 18.1 Å². The van der Waals surface area contributed by atoms with Crippen molar-refractivity contribution in [3.8, 4) is 0 Å². The molecule has 1 aliphatic rings. The largest absolute Gasteiger partial charge is 0.346 e. The lowest BCUT2D eigenvalue weighted by molar-refractivity contribution is 0.612. The van der Waals surface area contributed by atoms with Gasteiger partial charge < -0.3 is 5.32 Å². The predicted molar refractivity (Wildman–Crippen MR) is 56.1 cm³/mol. The molecule has 0 saturated heterocycles. The van der Waals surface area contributed by atoms with E-state index in [9.17, 15) is 4.39 Å². The number of hydrogen-bond acceptors (Lipinski definition) is 2. The highest BCUT2D eigenvalue weighted by molar-refractivity contribution is 5.86. The highest BCUT2D eigenvalue weighted by Crippen LogP contribution is 2.29. The summed E-state index contributed by atoms with van der Waals surface area (Å²) in [5.41, 5.74) is 2.99. The Bertz CT molecular complexity index is 422. The minimum Gasteiger partial charge on any atom is -0.346 e. The minimum atomic E-state index is -0.196. The quantitative estimate of drug-likeness (QED) is 0.723. The second-order valence-corrected chi connectivity index (χ2v) is 3.20. The lowest BCUT2D eigenvalue weighted by Gasteiger charge is -2.15. The van der Waals surface area contributed by atoms with Crippen LogP contribution in [0.25, 0.3) is 5.70 Å². The van der Waals surface area contributed by atoms with E-state index in [2.05, 4.69) is 16.9 Å². The van der Waals surface area contributed by atoms with E-state index in [0.29, 0.717) is 17.7 Å². The van der Waals surface area contributed by atoms with Crippen LogP contribution >= 0.6 is 0 Å². The number of fused-ring (bicyclic) bond motifs is 1. The zero-order valence-corrected chi connectivity index (χ0v) is 7.97. The van der Waals surface area contributed by atoms with Crippen LogP contribution in [0.1, 0.15) is 18.1 Å². The smallest absolute Gasteiger partial charge is 0.128 e. The van der Waals surface area contributed by atoms with E-state index >= 15 is 0 Å². The van der Waals surface area contributed by atoms with Gasteiger partial charge >= 0.3 is 0 Å². The van der Waals surface area contributed by atoms with E-state index in [-0.39, 0.29) is 5.82 Å². The molecule has 3 heteroatoms. The first kappa shape index (κ1) is 8.94. The fraction of sp³-hybridized carbons (Fsp3) is 0.182. The lowest BCUT2D eigenvalue weighted by Crippen LogP contribution is -2.12. The molecule has 1 aromatic rings. The van der Waals surface area contributed by atoms with Gasteiger partial charge in [0.05, 0.1) is 12.0 Å². The van der Waals surface area contributed by atoms with Crippen LogP contribution in [0.3, 0.4) is 0 Å². The molecular formula is C11H11FN2. The Morgan fingerprint density at radius 3 is 3.00 bits per heavy atom. The van der Waals surface area contributed by atoms with Crippen LogP contribution in [0.5, 0.6) is 0 Å². The van der Waals surface area contributed by atoms with E-state index in [1.54, 1.807) is 6.07 Å². The van der Waals surface area contributed by atoms with E-state index in [1.165, 1.54) is 12.4 Å². The molecule has 1 N–H and O–H groups in total. The maximum atomic E-state index is 13.4. The van der Waals surface area contributed by atoms with E-state index in [4.69, 9.17) is 0 Å². The molecule has 1 aliphatic heterocycles. The van der Waals surface area contributed by atoms with Crippen molar-refractivity contribution in [3.63, 3.8) is 0 Å². The van der Waals surface area contributed by atoms with Gasteiger partial charge in [0.1, 0.15) is 5.82 Å².